The van der Waals surface area contributed by atoms with Crippen molar-refractivity contribution in [3.05, 3.63) is 215 Å². The van der Waals surface area contributed by atoms with Crippen LogP contribution in [0.5, 0.6) is 0 Å². The van der Waals surface area contributed by atoms with E-state index in [0.717, 1.165) is 8.52 Å². The van der Waals surface area contributed by atoms with Gasteiger partial charge in [0.25, 0.3) is 0 Å². The minimum Gasteiger partial charge on any atom is -0.239 e. The lowest BCUT2D eigenvalue weighted by molar-refractivity contribution is 0.746. The van der Waals surface area contributed by atoms with Gasteiger partial charge in [0.1, 0.15) is 0 Å². The average Bonchev–Trinajstić information content (AvgIpc) is 3.18. The predicted octanol–water partition coefficient (Wildman–Crippen LogP) is 13.2. The highest BCUT2D eigenvalue weighted by Crippen LogP contribution is 2.52. The predicted molar refractivity (Wildman–Crippen MR) is 227 cm³/mol. The summed E-state index contributed by atoms with van der Waals surface area (Å²) >= 11 is 0. The van der Waals surface area contributed by atoms with Gasteiger partial charge in [-0.05, 0) is 85.8 Å². The lowest BCUT2D eigenvalue weighted by Gasteiger charge is -2.39. The van der Waals surface area contributed by atoms with Crippen molar-refractivity contribution in [2.45, 2.75) is 26.2 Å². The first-order chi connectivity index (χ1) is 25.0. The lowest BCUT2D eigenvalue weighted by atomic mass is 9.62. The summed E-state index contributed by atoms with van der Waals surface area (Å²) in [5, 5.41) is 0. The number of nitrogens with one attached hydrogen (secondary N) is 1. The molecular formula is C46H43N2P3. The van der Waals surface area contributed by atoms with Crippen LogP contribution < -0.4 is 4.86 Å². The highest BCUT2D eigenvalue weighted by atomic mass is 31.1. The maximum atomic E-state index is 3.61. The Balaban J connectivity index is 0.000000839. The first-order valence-electron chi connectivity index (χ1n) is 17.1. The van der Waals surface area contributed by atoms with E-state index in [-0.39, 0.29) is 0 Å². The summed E-state index contributed by atoms with van der Waals surface area (Å²) in [4.78, 5) is 2.72. The van der Waals surface area contributed by atoms with Crippen molar-refractivity contribution in [1.82, 2.24) is 4.86 Å². The van der Waals surface area contributed by atoms with Gasteiger partial charge in [0.2, 0.25) is 0 Å². The van der Waals surface area contributed by atoms with Gasteiger partial charge in [-0.2, -0.15) is 0 Å². The van der Waals surface area contributed by atoms with Crippen LogP contribution in [0, 0.1) is 20.8 Å². The van der Waals surface area contributed by atoms with Crippen LogP contribution >= 0.6 is 27.3 Å². The molecule has 0 aliphatic carbocycles. The first-order valence-corrected chi connectivity index (χ1v) is 19.0. The summed E-state index contributed by atoms with van der Waals surface area (Å²) in [6, 6.07) is 65.0. The standard InChI is InChI=1S/C46H38.H5N2P3/c1-33-19-25-39(26-20-33)46(40-27-21-34(2)22-28-40,41-29-23-35(3)24-30-41)43-32-31-42(36-13-7-4-8-14-36)44(37-15-9-5-10-16-37)45(43)38-17-11-6-12-18-38;3-1-5-2-4/h4-32H,1-3H3;3-4H2,(H,1,2). The molecule has 0 fully saturated rings. The van der Waals surface area contributed by atoms with Gasteiger partial charge < -0.3 is 0 Å². The second kappa shape index (κ2) is 17.1. The highest BCUT2D eigenvalue weighted by molar-refractivity contribution is 7.41. The minimum atomic E-state index is -0.598. The van der Waals surface area contributed by atoms with Gasteiger partial charge in [-0.3, -0.25) is 0 Å². The van der Waals surface area contributed by atoms with E-state index in [1.54, 1.807) is 0 Å². The van der Waals surface area contributed by atoms with Crippen LogP contribution in [0.15, 0.2) is 180 Å². The van der Waals surface area contributed by atoms with E-state index >= 15 is 0 Å². The van der Waals surface area contributed by atoms with E-state index in [1.807, 2.05) is 0 Å². The Kier molecular flexibility index (Phi) is 12.2. The Hall–Kier alpha value is -4.54. The van der Waals surface area contributed by atoms with Crippen molar-refractivity contribution in [3.63, 3.8) is 0 Å². The van der Waals surface area contributed by atoms with Crippen molar-refractivity contribution in [2.24, 2.45) is 4.52 Å². The molecule has 51 heavy (non-hydrogen) atoms. The molecular weight excluding hydrogens is 673 g/mol. The number of nitrogens with zero attached hydrogens (tertiary/aromatic N) is 1. The van der Waals surface area contributed by atoms with E-state index < -0.39 is 5.41 Å². The topological polar surface area (TPSA) is 24.4 Å². The Morgan fingerprint density at radius 3 is 1.18 bits per heavy atom. The first kappa shape index (κ1) is 36.3. The second-order valence-corrected chi connectivity index (χ2v) is 14.9. The molecule has 0 saturated carbocycles. The molecule has 0 spiro atoms. The quantitative estimate of drug-likeness (QED) is 0.123. The smallest absolute Gasteiger partial charge is 0.0973 e. The summed E-state index contributed by atoms with van der Waals surface area (Å²) in [7, 11) is 5.45. The second-order valence-electron chi connectivity index (χ2n) is 12.7. The van der Waals surface area contributed by atoms with E-state index in [2.05, 4.69) is 225 Å². The maximum Gasteiger partial charge on any atom is 0.0973 e. The van der Waals surface area contributed by atoms with E-state index in [1.165, 1.54) is 72.3 Å². The van der Waals surface area contributed by atoms with Gasteiger partial charge in [0.05, 0.1) is 13.9 Å². The van der Waals surface area contributed by atoms with E-state index in [4.69, 9.17) is 0 Å². The summed E-state index contributed by atoms with van der Waals surface area (Å²) < 4.78 is 3.61. The zero-order valence-corrected chi connectivity index (χ0v) is 32.5. The Morgan fingerprint density at radius 2 is 0.824 bits per heavy atom. The Morgan fingerprint density at radius 1 is 0.451 bits per heavy atom. The molecule has 0 amide bonds. The molecule has 0 bridgehead atoms. The number of rotatable bonds is 8. The van der Waals surface area contributed by atoms with Crippen LogP contribution in [0.1, 0.15) is 38.9 Å². The summed E-state index contributed by atoms with van der Waals surface area (Å²) in [6.07, 6.45) is 0. The molecule has 2 nitrogen and oxygen atoms in total. The molecule has 7 aromatic rings. The summed E-state index contributed by atoms with van der Waals surface area (Å²) in [5.41, 5.74) is 15.5. The van der Waals surface area contributed by atoms with Gasteiger partial charge in [0.15, 0.2) is 0 Å². The fourth-order valence-electron chi connectivity index (χ4n) is 6.99. The zero-order valence-electron chi connectivity index (χ0n) is 29.3. The summed E-state index contributed by atoms with van der Waals surface area (Å²) in [5.74, 6) is 0. The largest absolute Gasteiger partial charge is 0.239 e. The van der Waals surface area contributed by atoms with Crippen LogP contribution in [0.2, 0.25) is 0 Å². The van der Waals surface area contributed by atoms with Crippen LogP contribution in [-0.2, 0) is 5.41 Å². The number of hydrogen-bond acceptors (Lipinski definition) is 1. The monoisotopic (exact) mass is 716 g/mol. The van der Waals surface area contributed by atoms with Gasteiger partial charge in [-0.25, -0.2) is 9.37 Å². The maximum absolute atomic E-state index is 3.61. The van der Waals surface area contributed by atoms with Gasteiger partial charge >= 0.3 is 0 Å². The molecule has 7 aromatic carbocycles. The third-order valence-corrected chi connectivity index (χ3v) is 10.3. The lowest BCUT2D eigenvalue weighted by Crippen LogP contribution is -2.32. The molecule has 0 aromatic heterocycles. The molecule has 0 heterocycles. The van der Waals surface area contributed by atoms with Crippen molar-refractivity contribution in [3.8, 4) is 33.4 Å². The average molecular weight is 717 g/mol. The molecule has 252 valence electrons. The normalized spacial score (nSPS) is 11.2. The van der Waals surface area contributed by atoms with Crippen molar-refractivity contribution >= 4 is 27.3 Å². The molecule has 2 unspecified atom stereocenters. The van der Waals surface area contributed by atoms with Crippen LogP contribution in [0.4, 0.5) is 0 Å². The van der Waals surface area contributed by atoms with E-state index in [0.29, 0.717) is 0 Å². The van der Waals surface area contributed by atoms with Crippen LogP contribution in [0.25, 0.3) is 33.4 Å². The molecule has 0 aliphatic heterocycles. The van der Waals surface area contributed by atoms with Crippen LogP contribution in [-0.4, -0.2) is 0 Å². The molecule has 0 aliphatic rings. The third-order valence-electron chi connectivity index (χ3n) is 9.39. The van der Waals surface area contributed by atoms with Crippen molar-refractivity contribution in [2.75, 3.05) is 0 Å². The Bertz CT molecular complexity index is 2070. The number of benzene rings is 7. The fourth-order valence-corrected chi connectivity index (χ4v) is 7.86. The molecule has 0 radical (unpaired) electrons. The summed E-state index contributed by atoms with van der Waals surface area (Å²) in [6.45, 7) is 6.50. The Labute approximate surface area is 309 Å². The molecule has 7 rings (SSSR count). The number of hydrogen-bond donors (Lipinski definition) is 1. The molecule has 0 saturated heterocycles. The van der Waals surface area contributed by atoms with E-state index in [9.17, 15) is 0 Å². The highest BCUT2D eigenvalue weighted by Gasteiger charge is 2.41. The fraction of sp³-hybridized carbons (Fsp3) is 0.0870. The molecule has 1 N–H and O–H groups in total. The SMILES string of the molecule is Cc1ccc(C(c2ccc(C)cc2)(c2ccc(C)cc2)c2ccc(-c3ccccc3)c(-c3ccccc3)c2-c2ccccc2)cc1.PN=PNP. The molecule has 5 heteroatoms. The van der Waals surface area contributed by atoms with Crippen LogP contribution in [0.3, 0.4) is 0 Å². The van der Waals surface area contributed by atoms with Crippen molar-refractivity contribution < 1.29 is 0 Å². The van der Waals surface area contributed by atoms with Gasteiger partial charge in [-0.1, -0.05) is 202 Å². The zero-order chi connectivity index (χ0) is 35.6. The minimum absolute atomic E-state index is 0.598. The van der Waals surface area contributed by atoms with Gasteiger partial charge in [-0.15, -0.1) is 0 Å². The van der Waals surface area contributed by atoms with Gasteiger partial charge in [0, 0.05) is 0 Å². The third kappa shape index (κ3) is 7.87. The number of aryl methyl sites for hydroxylation is 3. The van der Waals surface area contributed by atoms with Crippen molar-refractivity contribution in [1.29, 1.82) is 0 Å². The molecule has 2 atom stereocenters.